The molecular weight excluding hydrogens is 340 g/mol. The average Bonchev–Trinajstić information content (AvgIpc) is 3.53. The lowest BCUT2D eigenvalue weighted by Crippen LogP contribution is -2.47. The van der Waals surface area contributed by atoms with Crippen molar-refractivity contribution in [2.45, 2.75) is 32.2 Å². The van der Waals surface area contributed by atoms with Crippen molar-refractivity contribution in [3.63, 3.8) is 0 Å². The second-order valence-electron chi connectivity index (χ2n) is 7.30. The van der Waals surface area contributed by atoms with E-state index in [-0.39, 0.29) is 11.8 Å². The number of nitrogens with one attached hydrogen (secondary N) is 1. The van der Waals surface area contributed by atoms with Gasteiger partial charge in [0.1, 0.15) is 11.2 Å². The van der Waals surface area contributed by atoms with Crippen LogP contribution in [0.3, 0.4) is 0 Å². The molecule has 1 N–H and O–H groups in total. The van der Waals surface area contributed by atoms with Crippen LogP contribution in [0.15, 0.2) is 48.5 Å². The second kappa shape index (κ2) is 7.06. The van der Waals surface area contributed by atoms with Gasteiger partial charge >= 0.3 is 0 Å². The lowest BCUT2D eigenvalue weighted by molar-refractivity contribution is -0.135. The van der Waals surface area contributed by atoms with Crippen molar-refractivity contribution in [1.82, 2.24) is 5.32 Å². The Balaban J connectivity index is 1.45. The number of benzene rings is 2. The lowest BCUT2D eigenvalue weighted by Gasteiger charge is -2.32. The van der Waals surface area contributed by atoms with E-state index in [1.165, 1.54) is 5.56 Å². The highest BCUT2D eigenvalue weighted by atomic mass is 16.5. The normalized spacial score (nSPS) is 17.0. The Bertz CT molecular complexity index is 856. The first-order chi connectivity index (χ1) is 13.1. The first-order valence-electron chi connectivity index (χ1n) is 9.45. The molecule has 2 aliphatic rings. The fraction of sp³-hybridized carbons (Fsp3) is 0.364. The minimum absolute atomic E-state index is 0.0538. The Kier molecular flexibility index (Phi) is 4.60. The van der Waals surface area contributed by atoms with E-state index >= 15 is 0 Å². The molecule has 0 atom stereocenters. The van der Waals surface area contributed by atoms with Gasteiger partial charge in [-0.1, -0.05) is 30.3 Å². The molecule has 2 amide bonds. The van der Waals surface area contributed by atoms with E-state index < -0.39 is 5.41 Å². The van der Waals surface area contributed by atoms with Gasteiger partial charge in [-0.05, 0) is 55.0 Å². The molecule has 2 aromatic rings. The summed E-state index contributed by atoms with van der Waals surface area (Å²) in [4.78, 5) is 27.9. The van der Waals surface area contributed by atoms with Crippen molar-refractivity contribution in [3.8, 4) is 5.75 Å². The van der Waals surface area contributed by atoms with Crippen LogP contribution in [0.1, 0.15) is 30.4 Å². The van der Waals surface area contributed by atoms with Gasteiger partial charge < -0.3 is 15.0 Å². The number of para-hydroxylation sites is 1. The lowest BCUT2D eigenvalue weighted by atomic mass is 9.97. The van der Waals surface area contributed by atoms with Gasteiger partial charge in [-0.15, -0.1) is 0 Å². The number of carbonyl (C=O) groups excluding carboxylic acids is 2. The van der Waals surface area contributed by atoms with Gasteiger partial charge in [-0.3, -0.25) is 9.59 Å². The smallest absolute Gasteiger partial charge is 0.242 e. The summed E-state index contributed by atoms with van der Waals surface area (Å²) in [6.07, 6.45) is 3.17. The fourth-order valence-corrected chi connectivity index (χ4v) is 3.76. The first-order valence-corrected chi connectivity index (χ1v) is 9.45. The Hall–Kier alpha value is -2.82. The van der Waals surface area contributed by atoms with Crippen LogP contribution in [-0.4, -0.2) is 25.5 Å². The van der Waals surface area contributed by atoms with E-state index in [0.717, 1.165) is 29.8 Å². The van der Waals surface area contributed by atoms with Gasteiger partial charge in [-0.2, -0.15) is 0 Å². The summed E-state index contributed by atoms with van der Waals surface area (Å²) >= 11 is 0. The van der Waals surface area contributed by atoms with E-state index in [2.05, 4.69) is 11.4 Å². The van der Waals surface area contributed by atoms with Crippen molar-refractivity contribution in [2.24, 2.45) is 5.41 Å². The number of hydrogen-bond acceptors (Lipinski definition) is 3. The highest BCUT2D eigenvalue weighted by Crippen LogP contribution is 2.49. The molecule has 1 saturated carbocycles. The van der Waals surface area contributed by atoms with Crippen LogP contribution < -0.4 is 15.0 Å². The third-order valence-electron chi connectivity index (χ3n) is 5.56. The van der Waals surface area contributed by atoms with Crippen LogP contribution in [0.5, 0.6) is 5.75 Å². The maximum atomic E-state index is 13.2. The number of carbonyl (C=O) groups is 2. The molecule has 0 bridgehead atoms. The predicted molar refractivity (Wildman–Crippen MR) is 104 cm³/mol. The molecule has 140 valence electrons. The van der Waals surface area contributed by atoms with Crippen LogP contribution in [0.2, 0.25) is 0 Å². The predicted octanol–water partition coefficient (Wildman–Crippen LogP) is 3.07. The minimum Gasteiger partial charge on any atom is -0.497 e. The maximum Gasteiger partial charge on any atom is 0.242 e. The molecule has 1 heterocycles. The number of ether oxygens (including phenoxy) is 1. The summed E-state index contributed by atoms with van der Waals surface area (Å²) in [5, 5.41) is 2.96. The molecule has 2 aromatic carbocycles. The van der Waals surface area contributed by atoms with Crippen molar-refractivity contribution < 1.29 is 14.3 Å². The summed E-state index contributed by atoms with van der Waals surface area (Å²) in [6.45, 7) is 1.10. The summed E-state index contributed by atoms with van der Waals surface area (Å²) in [5.74, 6) is 0.566. The quantitative estimate of drug-likeness (QED) is 0.830. The zero-order valence-electron chi connectivity index (χ0n) is 15.5. The van der Waals surface area contributed by atoms with Gasteiger partial charge in [0.15, 0.2) is 0 Å². The van der Waals surface area contributed by atoms with Gasteiger partial charge in [0.05, 0.1) is 7.11 Å². The van der Waals surface area contributed by atoms with E-state index in [1.807, 2.05) is 47.4 Å². The molecule has 5 heteroatoms. The van der Waals surface area contributed by atoms with Crippen molar-refractivity contribution in [1.29, 1.82) is 0 Å². The van der Waals surface area contributed by atoms with Gasteiger partial charge in [-0.25, -0.2) is 0 Å². The number of aryl methyl sites for hydroxylation is 1. The van der Waals surface area contributed by atoms with E-state index in [1.54, 1.807) is 7.11 Å². The molecule has 0 radical (unpaired) electrons. The molecule has 27 heavy (non-hydrogen) atoms. The summed E-state index contributed by atoms with van der Waals surface area (Å²) in [5.41, 5.74) is 2.24. The molecule has 4 rings (SSSR count). The number of anilines is 1. The number of nitrogens with zero attached hydrogens (tertiary/aromatic N) is 1. The third kappa shape index (κ3) is 3.29. The largest absolute Gasteiger partial charge is 0.497 e. The number of hydrogen-bond donors (Lipinski definition) is 1. The molecule has 0 unspecified atom stereocenters. The minimum atomic E-state index is -0.892. The van der Waals surface area contributed by atoms with Gasteiger partial charge in [0.2, 0.25) is 11.8 Å². The van der Waals surface area contributed by atoms with E-state index in [0.29, 0.717) is 25.9 Å². The Morgan fingerprint density at radius 2 is 1.85 bits per heavy atom. The molecule has 1 fully saturated rings. The molecule has 5 nitrogen and oxygen atoms in total. The molecule has 0 spiro atoms. The molecule has 0 saturated heterocycles. The van der Waals surface area contributed by atoms with E-state index in [9.17, 15) is 9.59 Å². The maximum absolute atomic E-state index is 13.2. The number of methoxy groups -OCH3 is 1. The van der Waals surface area contributed by atoms with Crippen molar-refractivity contribution in [3.05, 3.63) is 59.7 Å². The van der Waals surface area contributed by atoms with Crippen molar-refractivity contribution in [2.75, 3.05) is 18.6 Å². The second-order valence-corrected chi connectivity index (χ2v) is 7.30. The van der Waals surface area contributed by atoms with E-state index in [4.69, 9.17) is 4.74 Å². The highest BCUT2D eigenvalue weighted by Gasteiger charge is 2.58. The zero-order valence-corrected chi connectivity index (χ0v) is 15.5. The third-order valence-corrected chi connectivity index (χ3v) is 5.56. The standard InChI is InChI=1S/C22H24N2O3/c1-27-18-10-8-16(9-11-18)15-23-20(25)22(12-13-22)21(26)24-14-4-6-17-5-2-3-7-19(17)24/h2-3,5,7-11H,4,6,12-15H2,1H3,(H,23,25). The van der Waals surface area contributed by atoms with Crippen LogP contribution in [0, 0.1) is 5.41 Å². The van der Waals surface area contributed by atoms with Crippen LogP contribution in [-0.2, 0) is 22.6 Å². The van der Waals surface area contributed by atoms with Crippen LogP contribution in [0.4, 0.5) is 5.69 Å². The monoisotopic (exact) mass is 364 g/mol. The summed E-state index contributed by atoms with van der Waals surface area (Å²) < 4.78 is 5.15. The molecular formula is C22H24N2O3. The fourth-order valence-electron chi connectivity index (χ4n) is 3.76. The highest BCUT2D eigenvalue weighted by molar-refractivity contribution is 6.14. The number of amides is 2. The molecule has 1 aliphatic heterocycles. The van der Waals surface area contributed by atoms with Crippen LogP contribution in [0.25, 0.3) is 0 Å². The Labute approximate surface area is 159 Å². The van der Waals surface area contributed by atoms with Gasteiger partial charge in [0.25, 0.3) is 0 Å². The Morgan fingerprint density at radius 1 is 1.11 bits per heavy atom. The zero-order chi connectivity index (χ0) is 18.9. The molecule has 0 aromatic heterocycles. The SMILES string of the molecule is COc1ccc(CNC(=O)C2(C(=O)N3CCCc4ccccc43)CC2)cc1. The molecule has 1 aliphatic carbocycles. The van der Waals surface area contributed by atoms with Crippen LogP contribution >= 0.6 is 0 Å². The van der Waals surface area contributed by atoms with Crippen molar-refractivity contribution >= 4 is 17.5 Å². The summed E-state index contributed by atoms with van der Waals surface area (Å²) in [7, 11) is 1.62. The number of fused-ring (bicyclic) bond motifs is 1. The number of rotatable bonds is 5. The first kappa shape index (κ1) is 17.6. The van der Waals surface area contributed by atoms with Gasteiger partial charge in [0, 0.05) is 18.8 Å². The summed E-state index contributed by atoms with van der Waals surface area (Å²) in [6, 6.07) is 15.6. The Morgan fingerprint density at radius 3 is 2.56 bits per heavy atom. The average molecular weight is 364 g/mol. The topological polar surface area (TPSA) is 58.6 Å².